The number of aliphatic hydroxyl groups excluding tert-OH is 1. The Morgan fingerprint density at radius 2 is 1.57 bits per heavy atom. The van der Waals surface area contributed by atoms with E-state index in [9.17, 15) is 9.90 Å². The van der Waals surface area contributed by atoms with Gasteiger partial charge in [-0.3, -0.25) is 14.8 Å². The van der Waals surface area contributed by atoms with E-state index in [2.05, 4.69) is 77.8 Å². The molecule has 0 spiro atoms. The van der Waals surface area contributed by atoms with E-state index in [1.54, 1.807) is 0 Å². The number of fused-ring (bicyclic) bond motifs is 6. The molecule has 3 aromatic heterocycles. The molecule has 0 bridgehead atoms. The van der Waals surface area contributed by atoms with Crippen molar-refractivity contribution in [1.29, 1.82) is 0 Å². The van der Waals surface area contributed by atoms with Crippen molar-refractivity contribution >= 4 is 27.5 Å². The van der Waals surface area contributed by atoms with Crippen LogP contribution >= 0.6 is 0 Å². The van der Waals surface area contributed by atoms with E-state index in [0.717, 1.165) is 77.5 Å². The largest absolute Gasteiger partial charge is 0.512 e. The van der Waals surface area contributed by atoms with Gasteiger partial charge in [-0.1, -0.05) is 92.7 Å². The minimum absolute atomic E-state index is 0. The maximum absolute atomic E-state index is 11.7. The summed E-state index contributed by atoms with van der Waals surface area (Å²) >= 11 is 0. The minimum atomic E-state index is 0. The molecule has 0 fully saturated rings. The minimum Gasteiger partial charge on any atom is -0.512 e. The summed E-state index contributed by atoms with van der Waals surface area (Å²) in [7, 11) is 0. The van der Waals surface area contributed by atoms with Crippen LogP contribution in [0.15, 0.2) is 108 Å². The van der Waals surface area contributed by atoms with Crippen LogP contribution in [0.2, 0.25) is 0 Å². The molecule has 1 aliphatic rings. The van der Waals surface area contributed by atoms with Gasteiger partial charge < -0.3 is 9.52 Å². The van der Waals surface area contributed by atoms with Gasteiger partial charge in [-0.05, 0) is 55.4 Å². The first kappa shape index (κ1) is 35.9. The van der Waals surface area contributed by atoms with E-state index in [1.165, 1.54) is 33.7 Å². The SMILES string of the molecule is CCC(CC)C(=O)/C=C(\O)C(CC)CC.[Ir].[c-]1c(-c2nccc3c4c(oc23)CCc2ccncc2-4)cc(-c2ccccc2)c2ccccc12. The molecule has 1 N–H and O–H groups in total. The number of aliphatic hydroxyl groups is 1. The van der Waals surface area contributed by atoms with Crippen molar-refractivity contribution in [3.63, 3.8) is 0 Å². The van der Waals surface area contributed by atoms with Crippen LogP contribution in [0.3, 0.4) is 0 Å². The summed E-state index contributed by atoms with van der Waals surface area (Å²) < 4.78 is 6.48. The number of carbonyl (C=O) groups excluding carboxylic acids is 1. The average Bonchev–Trinajstić information content (AvgIpc) is 3.52. The van der Waals surface area contributed by atoms with Gasteiger partial charge >= 0.3 is 0 Å². The summed E-state index contributed by atoms with van der Waals surface area (Å²) in [5.74, 6) is 1.56. The molecular weight excluding hydrogens is 785 g/mol. The van der Waals surface area contributed by atoms with Crippen LogP contribution in [-0.2, 0) is 37.7 Å². The maximum atomic E-state index is 11.7. The topological polar surface area (TPSA) is 76.2 Å². The number of pyridine rings is 2. The molecule has 7 rings (SSSR count). The number of nitrogens with zero attached hydrogens (tertiary/aromatic N) is 2. The monoisotopic (exact) mass is 828 g/mol. The zero-order chi connectivity index (χ0) is 33.6. The molecule has 1 radical (unpaired) electrons. The number of hydrogen-bond donors (Lipinski definition) is 1. The average molecular weight is 828 g/mol. The number of furan rings is 1. The summed E-state index contributed by atoms with van der Waals surface area (Å²) in [5.41, 5.74) is 8.59. The molecule has 3 heterocycles. The number of carbonyl (C=O) groups is 1. The Labute approximate surface area is 302 Å². The van der Waals surface area contributed by atoms with E-state index >= 15 is 0 Å². The molecule has 0 atom stereocenters. The molecule has 0 saturated carbocycles. The molecule has 0 amide bonds. The Kier molecular flexibility index (Phi) is 12.0. The third-order valence-electron chi connectivity index (χ3n) is 9.68. The molecule has 253 valence electrons. The Morgan fingerprint density at radius 3 is 2.31 bits per heavy atom. The fourth-order valence-electron chi connectivity index (χ4n) is 6.84. The van der Waals surface area contributed by atoms with Gasteiger partial charge in [-0.2, -0.15) is 0 Å². The Hall–Kier alpha value is -4.38. The van der Waals surface area contributed by atoms with Crippen LogP contribution in [0, 0.1) is 17.9 Å². The van der Waals surface area contributed by atoms with E-state index in [0.29, 0.717) is 0 Å². The number of benzene rings is 3. The van der Waals surface area contributed by atoms with Gasteiger partial charge in [-0.25, -0.2) is 0 Å². The summed E-state index contributed by atoms with van der Waals surface area (Å²) in [6.07, 6.45) is 12.5. The van der Waals surface area contributed by atoms with Gasteiger partial charge in [-0.15, -0.1) is 23.6 Å². The predicted octanol–water partition coefficient (Wildman–Crippen LogP) is 11.1. The predicted molar refractivity (Wildman–Crippen MR) is 196 cm³/mol. The fourth-order valence-corrected chi connectivity index (χ4v) is 6.84. The second-order valence-electron chi connectivity index (χ2n) is 12.5. The standard InChI is InChI=1S/C30H19N2O.C13H24O2.Ir/c1-2-6-19(7-3-1)25-17-22(16-21-8-4-5-9-23(21)25)29-30-24(13-15-32-29)28-26-18-31-14-12-20(26)10-11-27(28)33-30;1-5-10(6-2)12(14)9-13(15)11(7-3)8-4;/h1-9,12-15,17-18H,10-11H2;9-11,14H,5-8H2,1-4H3;/q-1;;/b;12-9-;. The normalized spacial score (nSPS) is 12.3. The Morgan fingerprint density at radius 1 is 0.857 bits per heavy atom. The van der Waals surface area contributed by atoms with Crippen molar-refractivity contribution < 1.29 is 34.4 Å². The molecule has 0 unspecified atom stereocenters. The molecule has 0 aliphatic heterocycles. The first-order chi connectivity index (χ1) is 23.5. The van der Waals surface area contributed by atoms with Crippen molar-refractivity contribution in [3.05, 3.63) is 121 Å². The van der Waals surface area contributed by atoms with Gasteiger partial charge in [0.2, 0.25) is 0 Å². The molecule has 49 heavy (non-hydrogen) atoms. The van der Waals surface area contributed by atoms with Gasteiger partial charge in [0.05, 0.1) is 5.76 Å². The van der Waals surface area contributed by atoms with E-state index in [4.69, 9.17) is 9.40 Å². The summed E-state index contributed by atoms with van der Waals surface area (Å²) in [5, 5.41) is 13.1. The Balaban J connectivity index is 0.000000252. The second-order valence-corrected chi connectivity index (χ2v) is 12.5. The van der Waals surface area contributed by atoms with Crippen LogP contribution in [0.5, 0.6) is 0 Å². The van der Waals surface area contributed by atoms with Crippen molar-refractivity contribution in [2.24, 2.45) is 11.8 Å². The van der Waals surface area contributed by atoms with Crippen LogP contribution in [-0.4, -0.2) is 20.9 Å². The summed E-state index contributed by atoms with van der Waals surface area (Å²) in [6.45, 7) is 8.07. The maximum Gasteiger partial charge on any atom is 0.162 e. The number of aromatic nitrogens is 2. The molecular formula is C43H43IrN2O3-. The quantitative estimate of drug-likeness (QED) is 0.0892. The number of aryl methyl sites for hydroxylation is 2. The molecule has 5 nitrogen and oxygen atoms in total. The Bertz CT molecular complexity index is 2070. The van der Waals surface area contributed by atoms with Crippen molar-refractivity contribution in [2.75, 3.05) is 0 Å². The van der Waals surface area contributed by atoms with Crippen molar-refractivity contribution in [1.82, 2.24) is 9.97 Å². The third kappa shape index (κ3) is 7.46. The van der Waals surface area contributed by atoms with Gasteiger partial charge in [0.15, 0.2) is 5.78 Å². The zero-order valence-electron chi connectivity index (χ0n) is 28.6. The van der Waals surface area contributed by atoms with Gasteiger partial charge in [0, 0.05) is 85.2 Å². The van der Waals surface area contributed by atoms with Crippen LogP contribution in [0.25, 0.3) is 55.3 Å². The first-order valence-electron chi connectivity index (χ1n) is 17.3. The van der Waals surface area contributed by atoms with Gasteiger partial charge in [0.1, 0.15) is 11.3 Å². The van der Waals surface area contributed by atoms with E-state index < -0.39 is 0 Å². The molecule has 6 aromatic rings. The zero-order valence-corrected chi connectivity index (χ0v) is 31.0. The number of rotatable bonds is 9. The number of hydrogen-bond acceptors (Lipinski definition) is 5. The molecule has 0 saturated heterocycles. The molecule has 1 aliphatic carbocycles. The summed E-state index contributed by atoms with van der Waals surface area (Å²) in [6, 6.07) is 28.9. The van der Waals surface area contributed by atoms with Crippen molar-refractivity contribution in [2.45, 2.75) is 66.2 Å². The number of allylic oxidation sites excluding steroid dienone is 2. The number of ketones is 1. The van der Waals surface area contributed by atoms with Crippen LogP contribution in [0.1, 0.15) is 64.7 Å². The van der Waals surface area contributed by atoms with Crippen molar-refractivity contribution in [3.8, 4) is 33.5 Å². The third-order valence-corrected chi connectivity index (χ3v) is 9.68. The van der Waals surface area contributed by atoms with E-state index in [1.807, 2.05) is 52.4 Å². The molecule has 3 aromatic carbocycles. The first-order valence-corrected chi connectivity index (χ1v) is 17.3. The van der Waals surface area contributed by atoms with Crippen LogP contribution < -0.4 is 0 Å². The fraction of sp³-hybridized carbons (Fsp3) is 0.279. The van der Waals surface area contributed by atoms with Gasteiger partial charge in [0.25, 0.3) is 0 Å². The molecule has 6 heteroatoms. The van der Waals surface area contributed by atoms with E-state index in [-0.39, 0.29) is 43.5 Å². The smallest absolute Gasteiger partial charge is 0.162 e. The second kappa shape index (κ2) is 16.3. The summed E-state index contributed by atoms with van der Waals surface area (Å²) in [4.78, 5) is 20.9. The van der Waals surface area contributed by atoms with Crippen LogP contribution in [0.4, 0.5) is 0 Å².